The first kappa shape index (κ1) is 16.8. The topological polar surface area (TPSA) is 59.3 Å². The van der Waals surface area contributed by atoms with Crippen molar-refractivity contribution in [2.75, 3.05) is 5.32 Å². The van der Waals surface area contributed by atoms with Crippen LogP contribution in [0.25, 0.3) is 22.1 Å². The molecule has 5 heteroatoms. The normalized spacial score (nSPS) is 11.9. The monoisotopic (exact) mass is 387 g/mol. The van der Waals surface area contributed by atoms with Crippen LogP contribution in [0.15, 0.2) is 75.9 Å². The van der Waals surface area contributed by atoms with Gasteiger partial charge < -0.3 is 9.73 Å². The van der Waals surface area contributed by atoms with E-state index in [0.717, 1.165) is 12.0 Å². The highest BCUT2D eigenvalue weighted by molar-refractivity contribution is 6.31. The molecular formula is C23H14ClNO3. The van der Waals surface area contributed by atoms with Crippen molar-refractivity contribution >= 4 is 34.2 Å². The van der Waals surface area contributed by atoms with Gasteiger partial charge in [0.2, 0.25) is 0 Å². The highest BCUT2D eigenvalue weighted by atomic mass is 35.5. The lowest BCUT2D eigenvalue weighted by molar-refractivity contribution is 0.0997. The summed E-state index contributed by atoms with van der Waals surface area (Å²) in [6, 6.07) is 20.0. The molecule has 1 heterocycles. The van der Waals surface area contributed by atoms with Gasteiger partial charge in [-0.05, 0) is 59.0 Å². The fraction of sp³-hybridized carbons (Fsp3) is 0.0435. The van der Waals surface area contributed by atoms with Crippen molar-refractivity contribution in [2.45, 2.75) is 6.42 Å². The summed E-state index contributed by atoms with van der Waals surface area (Å²) in [6.45, 7) is 0. The van der Waals surface area contributed by atoms with E-state index in [1.165, 1.54) is 28.8 Å². The summed E-state index contributed by atoms with van der Waals surface area (Å²) >= 11 is 5.92. The van der Waals surface area contributed by atoms with Gasteiger partial charge in [-0.25, -0.2) is 0 Å². The molecule has 3 aromatic carbocycles. The van der Waals surface area contributed by atoms with E-state index in [1.54, 1.807) is 12.1 Å². The molecule has 0 radical (unpaired) electrons. The van der Waals surface area contributed by atoms with Gasteiger partial charge in [0.15, 0.2) is 11.2 Å². The van der Waals surface area contributed by atoms with E-state index in [-0.39, 0.29) is 11.2 Å². The summed E-state index contributed by atoms with van der Waals surface area (Å²) in [5, 5.41) is 3.61. The Morgan fingerprint density at radius 3 is 2.64 bits per heavy atom. The Morgan fingerprint density at radius 2 is 1.75 bits per heavy atom. The largest absolute Gasteiger partial charge is 0.451 e. The van der Waals surface area contributed by atoms with Gasteiger partial charge in [0, 0.05) is 16.8 Å². The number of amides is 1. The van der Waals surface area contributed by atoms with Crippen LogP contribution in [0.5, 0.6) is 0 Å². The number of rotatable bonds is 2. The highest BCUT2D eigenvalue weighted by Crippen LogP contribution is 2.37. The Hall–Kier alpha value is -3.37. The Morgan fingerprint density at radius 1 is 0.929 bits per heavy atom. The number of hydrogen-bond acceptors (Lipinski definition) is 3. The maximum atomic E-state index is 12.7. The third-order valence-corrected chi connectivity index (χ3v) is 5.20. The van der Waals surface area contributed by atoms with Crippen LogP contribution < -0.4 is 10.7 Å². The lowest BCUT2D eigenvalue weighted by Gasteiger charge is -2.08. The molecule has 1 amide bonds. The van der Waals surface area contributed by atoms with E-state index >= 15 is 0 Å². The van der Waals surface area contributed by atoms with Crippen molar-refractivity contribution in [1.82, 2.24) is 0 Å². The second kappa shape index (κ2) is 6.36. The zero-order chi connectivity index (χ0) is 19.3. The van der Waals surface area contributed by atoms with E-state index < -0.39 is 5.91 Å². The molecule has 0 unspecified atom stereocenters. The van der Waals surface area contributed by atoms with Crippen LogP contribution in [0.3, 0.4) is 0 Å². The lowest BCUT2D eigenvalue weighted by atomic mass is 10.1. The van der Waals surface area contributed by atoms with E-state index in [1.807, 2.05) is 30.3 Å². The Labute approximate surface area is 165 Å². The first-order valence-corrected chi connectivity index (χ1v) is 9.22. The zero-order valence-corrected chi connectivity index (χ0v) is 15.4. The van der Waals surface area contributed by atoms with E-state index in [4.69, 9.17) is 16.0 Å². The molecule has 4 nitrogen and oxygen atoms in total. The number of benzene rings is 3. The van der Waals surface area contributed by atoms with Crippen molar-refractivity contribution < 1.29 is 9.21 Å². The van der Waals surface area contributed by atoms with Crippen molar-refractivity contribution in [1.29, 1.82) is 0 Å². The van der Waals surface area contributed by atoms with Gasteiger partial charge in [-0.15, -0.1) is 0 Å². The number of carbonyl (C=O) groups is 1. The third-order valence-electron chi connectivity index (χ3n) is 4.97. The fourth-order valence-corrected chi connectivity index (χ4v) is 3.81. The molecule has 1 N–H and O–H groups in total. The maximum absolute atomic E-state index is 12.7. The van der Waals surface area contributed by atoms with Gasteiger partial charge in [-0.3, -0.25) is 9.59 Å². The number of anilines is 1. The number of carbonyl (C=O) groups excluding carboxylic acids is 1. The first-order valence-electron chi connectivity index (χ1n) is 8.84. The lowest BCUT2D eigenvalue weighted by Crippen LogP contribution is -2.15. The number of nitrogens with one attached hydrogen (secondary N) is 1. The SMILES string of the molecule is O=C(Nc1ccc2c(c1)-c1ccccc1C2)c1cc(=O)c2cc(Cl)ccc2o1. The third kappa shape index (κ3) is 2.79. The van der Waals surface area contributed by atoms with Gasteiger partial charge in [0.05, 0.1) is 5.39 Å². The molecular weight excluding hydrogens is 374 g/mol. The molecule has 4 aromatic rings. The fourth-order valence-electron chi connectivity index (χ4n) is 3.63. The highest BCUT2D eigenvalue weighted by Gasteiger charge is 2.19. The molecule has 0 atom stereocenters. The molecule has 0 bridgehead atoms. The van der Waals surface area contributed by atoms with Gasteiger partial charge in [-0.1, -0.05) is 41.9 Å². The molecule has 1 aliphatic carbocycles. The summed E-state index contributed by atoms with van der Waals surface area (Å²) in [4.78, 5) is 25.0. The average Bonchev–Trinajstić information content (AvgIpc) is 3.06. The summed E-state index contributed by atoms with van der Waals surface area (Å²) < 4.78 is 5.61. The Bertz CT molecular complexity index is 1320. The molecule has 0 saturated carbocycles. The van der Waals surface area contributed by atoms with Gasteiger partial charge in [-0.2, -0.15) is 0 Å². The quantitative estimate of drug-likeness (QED) is 0.449. The number of fused-ring (bicyclic) bond motifs is 4. The predicted molar refractivity (Wildman–Crippen MR) is 110 cm³/mol. The van der Waals surface area contributed by atoms with Gasteiger partial charge >= 0.3 is 0 Å². The van der Waals surface area contributed by atoms with Crippen molar-refractivity contribution in [2.24, 2.45) is 0 Å². The van der Waals surface area contributed by atoms with E-state index in [9.17, 15) is 9.59 Å². The second-order valence-corrected chi connectivity index (χ2v) is 7.21. The molecule has 0 spiro atoms. The standard InChI is InChI=1S/C23H14ClNO3/c24-15-6-8-21-19(10-15)20(26)12-22(28-21)23(27)25-16-7-5-14-9-13-3-1-2-4-17(13)18(14)11-16/h1-8,10-12H,9H2,(H,25,27). The minimum absolute atomic E-state index is 0.0410. The smallest absolute Gasteiger partial charge is 0.291 e. The summed E-state index contributed by atoms with van der Waals surface area (Å²) in [5.74, 6) is -0.513. The molecule has 136 valence electrons. The van der Waals surface area contributed by atoms with Crippen LogP contribution in [0.2, 0.25) is 5.02 Å². The molecule has 0 saturated heterocycles. The second-order valence-electron chi connectivity index (χ2n) is 6.78. The minimum Gasteiger partial charge on any atom is -0.451 e. The molecule has 1 aromatic heterocycles. The number of hydrogen-bond donors (Lipinski definition) is 1. The van der Waals surface area contributed by atoms with Crippen LogP contribution in [-0.2, 0) is 6.42 Å². The van der Waals surface area contributed by atoms with Crippen molar-refractivity contribution in [3.63, 3.8) is 0 Å². The van der Waals surface area contributed by atoms with Crippen molar-refractivity contribution in [3.8, 4) is 11.1 Å². The van der Waals surface area contributed by atoms with Crippen LogP contribution in [-0.4, -0.2) is 5.91 Å². The molecule has 0 fully saturated rings. The van der Waals surface area contributed by atoms with Crippen LogP contribution in [0.4, 0.5) is 5.69 Å². The Balaban J connectivity index is 1.48. The van der Waals surface area contributed by atoms with Crippen LogP contribution in [0.1, 0.15) is 21.7 Å². The van der Waals surface area contributed by atoms with Gasteiger partial charge in [0.25, 0.3) is 5.91 Å². The molecule has 28 heavy (non-hydrogen) atoms. The number of halogens is 1. The Kier molecular flexibility index (Phi) is 3.81. The van der Waals surface area contributed by atoms with E-state index in [2.05, 4.69) is 17.4 Å². The summed E-state index contributed by atoms with van der Waals surface area (Å²) in [6.07, 6.45) is 0.891. The average molecular weight is 388 g/mol. The van der Waals surface area contributed by atoms with E-state index in [0.29, 0.717) is 21.7 Å². The predicted octanol–water partition coefficient (Wildman–Crippen LogP) is 5.27. The van der Waals surface area contributed by atoms with Gasteiger partial charge in [0.1, 0.15) is 5.58 Å². The van der Waals surface area contributed by atoms with Crippen LogP contribution in [0, 0.1) is 0 Å². The molecule has 0 aliphatic heterocycles. The first-order chi connectivity index (χ1) is 13.6. The van der Waals surface area contributed by atoms with Crippen molar-refractivity contribution in [3.05, 3.63) is 98.9 Å². The summed E-state index contributed by atoms with van der Waals surface area (Å²) in [7, 11) is 0. The maximum Gasteiger partial charge on any atom is 0.291 e. The zero-order valence-electron chi connectivity index (χ0n) is 14.7. The van der Waals surface area contributed by atoms with Crippen LogP contribution >= 0.6 is 11.6 Å². The summed E-state index contributed by atoms with van der Waals surface area (Å²) in [5.41, 5.74) is 5.47. The minimum atomic E-state index is -0.472. The molecule has 1 aliphatic rings. The molecule has 5 rings (SSSR count).